The zero-order valence-corrected chi connectivity index (χ0v) is 19.8. The summed E-state index contributed by atoms with van der Waals surface area (Å²) in [6, 6.07) is 19.5. The highest BCUT2D eigenvalue weighted by Gasteiger charge is 2.53. The number of nitrogens with one attached hydrogen (secondary N) is 1. The average Bonchev–Trinajstić information content (AvgIpc) is 3.36. The van der Waals surface area contributed by atoms with Crippen molar-refractivity contribution < 1.29 is 4.79 Å². The number of fused-ring (bicyclic) bond motifs is 8. The van der Waals surface area contributed by atoms with Gasteiger partial charge in [-0.1, -0.05) is 48.0 Å². The number of nitrogens with zero attached hydrogens (tertiary/aromatic N) is 2. The highest BCUT2D eigenvalue weighted by Crippen LogP contribution is 2.60. The number of aromatic nitrogens is 1. The predicted molar refractivity (Wildman–Crippen MR) is 136 cm³/mol. The number of benzene rings is 2. The van der Waals surface area contributed by atoms with E-state index >= 15 is 0 Å². The molecule has 6 rings (SSSR count). The molecular formula is C29H28ClN3O. The Kier molecular flexibility index (Phi) is 5.51. The molecule has 1 aromatic heterocycles. The van der Waals surface area contributed by atoms with Crippen LogP contribution in [0.5, 0.6) is 0 Å². The fourth-order valence-corrected chi connectivity index (χ4v) is 6.50. The van der Waals surface area contributed by atoms with Crippen molar-refractivity contribution >= 4 is 23.6 Å². The molecule has 2 unspecified atom stereocenters. The van der Waals surface area contributed by atoms with E-state index in [1.165, 1.54) is 22.3 Å². The number of piperidine rings is 1. The van der Waals surface area contributed by atoms with Gasteiger partial charge in [-0.2, -0.15) is 0 Å². The molecule has 2 atom stereocenters. The highest BCUT2D eigenvalue weighted by atomic mass is 35.5. The molecule has 1 aliphatic heterocycles. The number of likely N-dealkylation sites (tertiary alicyclic amines) is 1. The van der Waals surface area contributed by atoms with E-state index in [-0.39, 0.29) is 17.4 Å². The van der Waals surface area contributed by atoms with Gasteiger partial charge in [0.25, 0.3) is 0 Å². The summed E-state index contributed by atoms with van der Waals surface area (Å²) in [5.41, 5.74) is 6.78. The second kappa shape index (κ2) is 8.68. The number of hydrogen-bond acceptors (Lipinski definition) is 3. The Bertz CT molecular complexity index is 1250. The topological polar surface area (TPSA) is 45.2 Å². The lowest BCUT2D eigenvalue weighted by molar-refractivity contribution is -0.117. The fraction of sp³-hybridized carbons (Fsp3) is 0.310. The Morgan fingerprint density at radius 3 is 2.74 bits per heavy atom. The third-order valence-electron chi connectivity index (χ3n) is 7.85. The molecule has 4 nitrogen and oxygen atoms in total. The summed E-state index contributed by atoms with van der Waals surface area (Å²) in [5, 5.41) is 4.01. The van der Waals surface area contributed by atoms with E-state index < -0.39 is 0 Å². The van der Waals surface area contributed by atoms with Gasteiger partial charge in [0.15, 0.2) is 0 Å². The Morgan fingerprint density at radius 2 is 1.91 bits per heavy atom. The lowest BCUT2D eigenvalue weighted by atomic mass is 9.74. The number of halogens is 1. The van der Waals surface area contributed by atoms with Gasteiger partial charge in [0.05, 0.1) is 0 Å². The molecule has 0 radical (unpaired) electrons. The minimum Gasteiger partial charge on any atom is -0.350 e. The SMILES string of the molecule is O=C(C=Cc1cccnc1)NC1CCN(CC23CC(c4ccccc42)c2ccc(Cl)cc23)CC1. The van der Waals surface area contributed by atoms with E-state index in [1.807, 2.05) is 24.3 Å². The minimum absolute atomic E-state index is 0.0179. The average molecular weight is 470 g/mol. The summed E-state index contributed by atoms with van der Waals surface area (Å²) in [7, 11) is 0. The number of amides is 1. The molecule has 5 heteroatoms. The van der Waals surface area contributed by atoms with Crippen LogP contribution in [-0.2, 0) is 10.2 Å². The lowest BCUT2D eigenvalue weighted by Crippen LogP contribution is -2.48. The van der Waals surface area contributed by atoms with E-state index in [4.69, 9.17) is 11.6 Å². The summed E-state index contributed by atoms with van der Waals surface area (Å²) in [6.07, 6.45) is 9.98. The van der Waals surface area contributed by atoms with Crippen molar-refractivity contribution in [2.45, 2.75) is 36.6 Å². The van der Waals surface area contributed by atoms with Crippen LogP contribution < -0.4 is 5.32 Å². The van der Waals surface area contributed by atoms with Crippen molar-refractivity contribution in [2.24, 2.45) is 0 Å². The van der Waals surface area contributed by atoms with Gasteiger partial charge in [-0.3, -0.25) is 9.78 Å². The van der Waals surface area contributed by atoms with Crippen LogP contribution in [0.1, 0.15) is 53.0 Å². The first-order valence-electron chi connectivity index (χ1n) is 12.1. The van der Waals surface area contributed by atoms with Crippen LogP contribution in [0, 0.1) is 0 Å². The molecule has 3 aliphatic rings. The number of rotatable bonds is 5. The smallest absolute Gasteiger partial charge is 0.244 e. The molecule has 0 saturated carbocycles. The van der Waals surface area contributed by atoms with Crippen LogP contribution in [0.15, 0.2) is 73.1 Å². The summed E-state index contributed by atoms with van der Waals surface area (Å²) in [4.78, 5) is 19.1. The zero-order valence-electron chi connectivity index (χ0n) is 19.1. The van der Waals surface area contributed by atoms with Gasteiger partial charge >= 0.3 is 0 Å². The van der Waals surface area contributed by atoms with Gasteiger partial charge in [0.1, 0.15) is 0 Å². The summed E-state index contributed by atoms with van der Waals surface area (Å²) in [5.74, 6) is 0.444. The number of pyridine rings is 1. The van der Waals surface area contributed by atoms with Crippen LogP contribution in [-0.4, -0.2) is 41.5 Å². The number of carbonyl (C=O) groups excluding carboxylic acids is 1. The molecule has 1 fully saturated rings. The molecule has 1 N–H and O–H groups in total. The van der Waals surface area contributed by atoms with E-state index in [9.17, 15) is 4.79 Å². The Hall–Kier alpha value is -2.95. The van der Waals surface area contributed by atoms with Crippen molar-refractivity contribution in [3.05, 3.63) is 106 Å². The maximum Gasteiger partial charge on any atom is 0.244 e. The Labute approximate surface area is 205 Å². The third kappa shape index (κ3) is 3.75. The van der Waals surface area contributed by atoms with Crippen LogP contribution in [0.3, 0.4) is 0 Å². The van der Waals surface area contributed by atoms with Gasteiger partial charge in [0.2, 0.25) is 5.91 Å². The van der Waals surface area contributed by atoms with Gasteiger partial charge < -0.3 is 10.2 Å². The van der Waals surface area contributed by atoms with Crippen LogP contribution >= 0.6 is 11.6 Å². The summed E-state index contributed by atoms with van der Waals surface area (Å²) >= 11 is 6.46. The van der Waals surface area contributed by atoms with E-state index in [2.05, 4.69) is 51.6 Å². The molecule has 2 aromatic carbocycles. The predicted octanol–water partition coefficient (Wildman–Crippen LogP) is 5.16. The Balaban J connectivity index is 1.13. The van der Waals surface area contributed by atoms with E-state index in [0.717, 1.165) is 49.5 Å². The van der Waals surface area contributed by atoms with Gasteiger partial charge in [-0.15, -0.1) is 0 Å². The molecular weight excluding hydrogens is 442 g/mol. The van der Waals surface area contributed by atoms with Gasteiger partial charge in [-0.05, 0) is 71.4 Å². The zero-order chi connectivity index (χ0) is 23.1. The molecule has 1 saturated heterocycles. The minimum atomic E-state index is -0.0344. The molecule has 2 heterocycles. The van der Waals surface area contributed by atoms with Crippen LogP contribution in [0.25, 0.3) is 6.08 Å². The quantitative estimate of drug-likeness (QED) is 0.525. The lowest BCUT2D eigenvalue weighted by Gasteiger charge is -2.40. The molecule has 0 spiro atoms. The maximum absolute atomic E-state index is 12.4. The molecule has 1 amide bonds. The Morgan fingerprint density at radius 1 is 1.09 bits per heavy atom. The van der Waals surface area contributed by atoms with Crippen LogP contribution in [0.2, 0.25) is 5.02 Å². The molecule has 2 aliphatic carbocycles. The van der Waals surface area contributed by atoms with Crippen molar-refractivity contribution in [2.75, 3.05) is 19.6 Å². The molecule has 2 bridgehead atoms. The maximum atomic E-state index is 12.4. The largest absolute Gasteiger partial charge is 0.350 e. The van der Waals surface area contributed by atoms with Crippen molar-refractivity contribution in [3.8, 4) is 0 Å². The summed E-state index contributed by atoms with van der Waals surface area (Å²) in [6.45, 7) is 2.99. The third-order valence-corrected chi connectivity index (χ3v) is 8.08. The van der Waals surface area contributed by atoms with Crippen LogP contribution in [0.4, 0.5) is 0 Å². The first-order valence-corrected chi connectivity index (χ1v) is 12.5. The van der Waals surface area contributed by atoms with Crippen molar-refractivity contribution in [1.29, 1.82) is 0 Å². The highest BCUT2D eigenvalue weighted by molar-refractivity contribution is 6.30. The second-order valence-corrected chi connectivity index (χ2v) is 10.3. The van der Waals surface area contributed by atoms with Gasteiger partial charge in [-0.25, -0.2) is 0 Å². The first kappa shape index (κ1) is 21.6. The fourth-order valence-electron chi connectivity index (χ4n) is 6.33. The van der Waals surface area contributed by atoms with E-state index in [1.54, 1.807) is 18.5 Å². The first-order chi connectivity index (χ1) is 16.6. The van der Waals surface area contributed by atoms with Crippen molar-refractivity contribution in [1.82, 2.24) is 15.2 Å². The molecule has 3 aromatic rings. The van der Waals surface area contributed by atoms with E-state index in [0.29, 0.717) is 5.92 Å². The second-order valence-electron chi connectivity index (χ2n) is 9.84. The monoisotopic (exact) mass is 469 g/mol. The van der Waals surface area contributed by atoms with Crippen molar-refractivity contribution in [3.63, 3.8) is 0 Å². The molecule has 34 heavy (non-hydrogen) atoms. The normalized spacial score (nSPS) is 23.7. The molecule has 172 valence electrons. The number of hydrogen-bond donors (Lipinski definition) is 1. The standard InChI is InChI=1S/C29H28ClN3O/c30-21-8-9-24-25-17-29(27(24)16-21,26-6-2-1-5-23(25)26)19-33-14-11-22(12-15-33)32-28(34)10-7-20-4-3-13-31-18-20/h1-10,13,16,18,22,25H,11-12,14-15,17,19H2,(H,32,34). The number of carbonyl (C=O) groups is 1. The van der Waals surface area contributed by atoms with Gasteiger partial charge in [0, 0.05) is 60.5 Å². The summed E-state index contributed by atoms with van der Waals surface area (Å²) < 4.78 is 0.